The normalized spacial score (nSPS) is 10.2. The zero-order valence-electron chi connectivity index (χ0n) is 17.3. The van der Waals surface area contributed by atoms with E-state index in [9.17, 15) is 20.1 Å². The first-order valence-corrected chi connectivity index (χ1v) is 9.50. The Hall–Kier alpha value is -4.02. The monoisotopic (exact) mass is 392 g/mol. The van der Waals surface area contributed by atoms with Crippen molar-refractivity contribution >= 4 is 11.6 Å². The molecule has 0 unspecified atom stereocenters. The van der Waals surface area contributed by atoms with E-state index in [2.05, 4.69) is 12.1 Å². The van der Waals surface area contributed by atoms with Crippen LogP contribution in [0.15, 0.2) is 48.5 Å². The summed E-state index contributed by atoms with van der Waals surface area (Å²) in [6.07, 6.45) is 0. The smallest absolute Gasteiger partial charge is 0.194 e. The first-order valence-electron chi connectivity index (χ1n) is 9.50. The second-order valence-corrected chi connectivity index (χ2v) is 7.32. The van der Waals surface area contributed by atoms with Gasteiger partial charge in [-0.15, -0.1) is 0 Å². The van der Waals surface area contributed by atoms with E-state index < -0.39 is 0 Å². The van der Waals surface area contributed by atoms with Crippen LogP contribution in [0.4, 0.5) is 0 Å². The van der Waals surface area contributed by atoms with Gasteiger partial charge < -0.3 is 0 Å². The molecule has 0 saturated heterocycles. The first-order chi connectivity index (χ1) is 14.3. The molecule has 30 heavy (non-hydrogen) atoms. The van der Waals surface area contributed by atoms with Crippen molar-refractivity contribution < 1.29 is 9.59 Å². The van der Waals surface area contributed by atoms with Crippen molar-refractivity contribution in [3.63, 3.8) is 0 Å². The predicted molar refractivity (Wildman–Crippen MR) is 115 cm³/mol. The first kappa shape index (κ1) is 20.7. The lowest BCUT2D eigenvalue weighted by molar-refractivity contribution is 0.103. The Bertz CT molecular complexity index is 1190. The highest BCUT2D eigenvalue weighted by Gasteiger charge is 2.20. The lowest BCUT2D eigenvalue weighted by atomic mass is 9.90. The van der Waals surface area contributed by atoms with E-state index in [1.54, 1.807) is 30.3 Å². The molecule has 0 bridgehead atoms. The number of ketones is 2. The summed E-state index contributed by atoms with van der Waals surface area (Å²) in [5.74, 6) is -0.630. The fourth-order valence-corrected chi connectivity index (χ4v) is 3.41. The molecule has 0 heterocycles. The number of nitrogens with zero attached hydrogens (tertiary/aromatic N) is 2. The molecule has 0 N–H and O–H groups in total. The number of nitriles is 2. The minimum atomic E-state index is -0.315. The topological polar surface area (TPSA) is 81.7 Å². The van der Waals surface area contributed by atoms with Gasteiger partial charge in [-0.05, 0) is 68.1 Å². The molecule has 0 aliphatic carbocycles. The third-order valence-corrected chi connectivity index (χ3v) is 5.57. The summed E-state index contributed by atoms with van der Waals surface area (Å²) in [5, 5.41) is 19.1. The summed E-state index contributed by atoms with van der Waals surface area (Å²) in [4.78, 5) is 26.2. The number of aryl methyl sites for hydroxylation is 2. The maximum absolute atomic E-state index is 13.1. The van der Waals surface area contributed by atoms with Gasteiger partial charge in [0.05, 0.1) is 11.1 Å². The van der Waals surface area contributed by atoms with Crippen LogP contribution in [0.3, 0.4) is 0 Å². The number of rotatable bonds is 4. The van der Waals surface area contributed by atoms with Crippen molar-refractivity contribution in [2.45, 2.75) is 27.7 Å². The molecular formula is C26H20N2O2. The number of hydrogen-bond donors (Lipinski definition) is 0. The fraction of sp³-hybridized carbons (Fsp3) is 0.154. The zero-order chi connectivity index (χ0) is 22.0. The highest BCUT2D eigenvalue weighted by molar-refractivity contribution is 6.14. The number of carbonyl (C=O) groups is 2. The second kappa shape index (κ2) is 8.15. The molecule has 4 nitrogen and oxygen atoms in total. The molecule has 0 saturated carbocycles. The number of hydrogen-bond acceptors (Lipinski definition) is 4. The average molecular weight is 392 g/mol. The van der Waals surface area contributed by atoms with Crippen molar-refractivity contribution in [2.24, 2.45) is 0 Å². The van der Waals surface area contributed by atoms with Gasteiger partial charge in [-0.3, -0.25) is 9.59 Å². The van der Waals surface area contributed by atoms with E-state index in [0.29, 0.717) is 33.4 Å². The standard InChI is InChI=1S/C26H20N2O2/c1-15-8-10-21(23(13-27)17(15)3)25(29)19-6-5-7-20(12-19)26(30)22-11-9-16(2)18(4)24(22)14-28/h5-12H,1-4H3. The van der Waals surface area contributed by atoms with E-state index in [1.165, 1.54) is 6.07 Å². The minimum absolute atomic E-state index is 0.314. The summed E-state index contributed by atoms with van der Waals surface area (Å²) in [7, 11) is 0. The van der Waals surface area contributed by atoms with Crippen LogP contribution in [0.5, 0.6) is 0 Å². The molecule has 4 heteroatoms. The molecule has 0 spiro atoms. The molecule has 0 radical (unpaired) electrons. The van der Waals surface area contributed by atoms with Crippen molar-refractivity contribution in [1.82, 2.24) is 0 Å². The highest BCUT2D eigenvalue weighted by Crippen LogP contribution is 2.23. The molecular weight excluding hydrogens is 372 g/mol. The molecule has 3 aromatic rings. The molecule has 146 valence electrons. The predicted octanol–water partition coefficient (Wildman–Crippen LogP) is 5.13. The van der Waals surface area contributed by atoms with Crippen LogP contribution in [0.1, 0.15) is 65.2 Å². The Morgan fingerprint density at radius 3 is 1.43 bits per heavy atom. The van der Waals surface area contributed by atoms with E-state index in [0.717, 1.165) is 22.3 Å². The summed E-state index contributed by atoms with van der Waals surface area (Å²) in [6.45, 7) is 7.40. The third-order valence-electron chi connectivity index (χ3n) is 5.57. The van der Waals surface area contributed by atoms with Crippen molar-refractivity contribution in [2.75, 3.05) is 0 Å². The Labute approximate surface area is 176 Å². The van der Waals surface area contributed by atoms with E-state index in [1.807, 2.05) is 39.8 Å². The van der Waals surface area contributed by atoms with Crippen molar-refractivity contribution in [3.8, 4) is 12.1 Å². The summed E-state index contributed by atoms with van der Waals surface area (Å²) in [5.41, 5.74) is 5.37. The van der Waals surface area contributed by atoms with E-state index in [4.69, 9.17) is 0 Å². The number of benzene rings is 3. The van der Waals surface area contributed by atoms with Crippen molar-refractivity contribution in [3.05, 3.63) is 104 Å². The number of carbonyl (C=O) groups excluding carboxylic acids is 2. The summed E-state index contributed by atoms with van der Waals surface area (Å²) < 4.78 is 0. The Morgan fingerprint density at radius 2 is 1.07 bits per heavy atom. The van der Waals surface area contributed by atoms with Crippen LogP contribution >= 0.6 is 0 Å². The van der Waals surface area contributed by atoms with Gasteiger partial charge in [-0.2, -0.15) is 10.5 Å². The van der Waals surface area contributed by atoms with Gasteiger partial charge in [0.1, 0.15) is 12.1 Å². The van der Waals surface area contributed by atoms with Crippen LogP contribution in [-0.4, -0.2) is 11.6 Å². The molecule has 0 aliphatic heterocycles. The Kier molecular flexibility index (Phi) is 5.63. The second-order valence-electron chi connectivity index (χ2n) is 7.32. The molecule has 0 atom stereocenters. The lowest BCUT2D eigenvalue weighted by Gasteiger charge is -2.11. The molecule has 3 aromatic carbocycles. The summed E-state index contributed by atoms with van der Waals surface area (Å²) in [6, 6.07) is 17.6. The molecule has 0 fully saturated rings. The minimum Gasteiger partial charge on any atom is -0.289 e. The van der Waals surface area contributed by atoms with Gasteiger partial charge >= 0.3 is 0 Å². The van der Waals surface area contributed by atoms with E-state index >= 15 is 0 Å². The van der Waals surface area contributed by atoms with Gasteiger partial charge in [0, 0.05) is 22.3 Å². The molecule has 0 amide bonds. The SMILES string of the molecule is Cc1ccc(C(=O)c2cccc(C(=O)c3ccc(C)c(C)c3C#N)c2)c(C#N)c1C. The third kappa shape index (κ3) is 3.52. The van der Waals surface area contributed by atoms with Gasteiger partial charge in [0.2, 0.25) is 0 Å². The van der Waals surface area contributed by atoms with Gasteiger partial charge in [0.15, 0.2) is 11.6 Å². The van der Waals surface area contributed by atoms with Crippen LogP contribution in [-0.2, 0) is 0 Å². The largest absolute Gasteiger partial charge is 0.289 e. The van der Waals surface area contributed by atoms with Crippen LogP contribution in [0, 0.1) is 50.4 Å². The zero-order valence-corrected chi connectivity index (χ0v) is 17.3. The maximum Gasteiger partial charge on any atom is 0.194 e. The Morgan fingerprint density at radius 1 is 0.667 bits per heavy atom. The molecule has 0 aliphatic rings. The summed E-state index contributed by atoms with van der Waals surface area (Å²) >= 11 is 0. The van der Waals surface area contributed by atoms with Crippen molar-refractivity contribution in [1.29, 1.82) is 10.5 Å². The van der Waals surface area contributed by atoms with Gasteiger partial charge in [-0.25, -0.2) is 0 Å². The molecule has 3 rings (SSSR count). The fourth-order valence-electron chi connectivity index (χ4n) is 3.41. The lowest BCUT2D eigenvalue weighted by Crippen LogP contribution is -2.10. The maximum atomic E-state index is 13.1. The average Bonchev–Trinajstić information content (AvgIpc) is 2.76. The van der Waals surface area contributed by atoms with Crippen LogP contribution in [0.25, 0.3) is 0 Å². The van der Waals surface area contributed by atoms with Gasteiger partial charge in [0.25, 0.3) is 0 Å². The van der Waals surface area contributed by atoms with Crippen LogP contribution < -0.4 is 0 Å². The highest BCUT2D eigenvalue weighted by atomic mass is 16.1. The van der Waals surface area contributed by atoms with Crippen LogP contribution in [0.2, 0.25) is 0 Å². The Balaban J connectivity index is 2.07. The van der Waals surface area contributed by atoms with E-state index in [-0.39, 0.29) is 11.6 Å². The quantitative estimate of drug-likeness (QED) is 0.577. The molecule has 0 aromatic heterocycles. The van der Waals surface area contributed by atoms with Gasteiger partial charge in [-0.1, -0.05) is 30.3 Å².